The molecule has 0 aliphatic carbocycles. The summed E-state index contributed by atoms with van der Waals surface area (Å²) < 4.78 is 5.46. The number of nitrogens with one attached hydrogen (secondary N) is 2. The Hall–Kier alpha value is -1.15. The molecule has 7 heteroatoms. The number of thiophene rings is 1. The molecule has 2 atom stereocenters. The zero-order chi connectivity index (χ0) is 18.9. The molecule has 2 saturated heterocycles. The van der Waals surface area contributed by atoms with Gasteiger partial charge in [-0.05, 0) is 51.2 Å². The Morgan fingerprint density at radius 2 is 1.96 bits per heavy atom. The van der Waals surface area contributed by atoms with Crippen LogP contribution in [0.1, 0.15) is 37.6 Å². The third-order valence-electron chi connectivity index (χ3n) is 5.44. The molecule has 2 unspecified atom stereocenters. The van der Waals surface area contributed by atoms with Gasteiger partial charge in [0.1, 0.15) is 0 Å². The highest BCUT2D eigenvalue weighted by Gasteiger charge is 2.24. The van der Waals surface area contributed by atoms with Crippen LogP contribution < -0.4 is 10.6 Å². The molecule has 0 saturated carbocycles. The number of hydrogen-bond donors (Lipinski definition) is 2. The minimum atomic E-state index is 0.438. The van der Waals surface area contributed by atoms with E-state index in [1.165, 1.54) is 30.8 Å². The van der Waals surface area contributed by atoms with Gasteiger partial charge in [0.2, 0.25) is 0 Å². The molecule has 27 heavy (non-hydrogen) atoms. The summed E-state index contributed by atoms with van der Waals surface area (Å²) in [6.07, 6.45) is 2.63. The van der Waals surface area contributed by atoms with Crippen molar-refractivity contribution < 1.29 is 4.74 Å². The summed E-state index contributed by atoms with van der Waals surface area (Å²) in [4.78, 5) is 11.4. The molecule has 0 spiro atoms. The average Bonchev–Trinajstić information content (AvgIpc) is 3.41. The number of nitrogens with zero attached hydrogens (tertiary/aromatic N) is 3. The van der Waals surface area contributed by atoms with Crippen molar-refractivity contribution in [3.63, 3.8) is 0 Å². The van der Waals surface area contributed by atoms with E-state index in [0.717, 1.165) is 51.9 Å². The summed E-state index contributed by atoms with van der Waals surface area (Å²) in [7, 11) is 0. The number of morpholine rings is 1. The van der Waals surface area contributed by atoms with Crippen molar-refractivity contribution in [2.45, 2.75) is 38.8 Å². The Morgan fingerprint density at radius 1 is 1.19 bits per heavy atom. The topological polar surface area (TPSA) is 52.1 Å². The van der Waals surface area contributed by atoms with E-state index >= 15 is 0 Å². The summed E-state index contributed by atoms with van der Waals surface area (Å²) in [5.74, 6) is 0.929. The van der Waals surface area contributed by atoms with E-state index in [1.54, 1.807) is 0 Å². The first-order chi connectivity index (χ1) is 13.3. The predicted octanol–water partition coefficient (Wildman–Crippen LogP) is 2.16. The maximum absolute atomic E-state index is 5.46. The Kier molecular flexibility index (Phi) is 8.38. The largest absolute Gasteiger partial charge is 0.379 e. The molecule has 1 aromatic rings. The highest BCUT2D eigenvalue weighted by molar-refractivity contribution is 7.10. The second kappa shape index (κ2) is 11.0. The van der Waals surface area contributed by atoms with Crippen molar-refractivity contribution in [2.24, 2.45) is 4.99 Å². The molecule has 0 bridgehead atoms. The SMILES string of the molecule is CCNC(=NCC(C)N1CCOCC1)NCC(c1cccs1)N1CCCC1. The fourth-order valence-corrected chi connectivity index (χ4v) is 4.70. The van der Waals surface area contributed by atoms with Crippen LogP contribution in [0.2, 0.25) is 0 Å². The zero-order valence-corrected chi connectivity index (χ0v) is 17.6. The van der Waals surface area contributed by atoms with Crippen LogP contribution in [0.5, 0.6) is 0 Å². The Labute approximate surface area is 168 Å². The van der Waals surface area contributed by atoms with Crippen molar-refractivity contribution >= 4 is 17.3 Å². The first-order valence-electron chi connectivity index (χ1n) is 10.4. The van der Waals surface area contributed by atoms with E-state index in [-0.39, 0.29) is 0 Å². The van der Waals surface area contributed by atoms with Gasteiger partial charge < -0.3 is 15.4 Å². The molecule has 2 aliphatic rings. The summed E-state index contributed by atoms with van der Waals surface area (Å²) in [6, 6.07) is 5.30. The minimum absolute atomic E-state index is 0.438. The van der Waals surface area contributed by atoms with Crippen LogP contribution in [0.4, 0.5) is 0 Å². The molecule has 3 rings (SSSR count). The van der Waals surface area contributed by atoms with Crippen molar-refractivity contribution in [1.82, 2.24) is 20.4 Å². The summed E-state index contributed by atoms with van der Waals surface area (Å²) in [6.45, 7) is 13.1. The number of guanidine groups is 1. The van der Waals surface area contributed by atoms with Crippen LogP contribution in [-0.4, -0.2) is 80.8 Å². The predicted molar refractivity (Wildman–Crippen MR) is 114 cm³/mol. The summed E-state index contributed by atoms with van der Waals surface area (Å²) in [5, 5.41) is 9.20. The fraction of sp³-hybridized carbons (Fsp3) is 0.750. The first-order valence-corrected chi connectivity index (χ1v) is 11.3. The van der Waals surface area contributed by atoms with Gasteiger partial charge in [-0.2, -0.15) is 0 Å². The van der Waals surface area contributed by atoms with Gasteiger partial charge >= 0.3 is 0 Å². The molecule has 152 valence electrons. The maximum atomic E-state index is 5.46. The molecular weight excluding hydrogens is 358 g/mol. The van der Waals surface area contributed by atoms with Gasteiger partial charge in [-0.25, -0.2) is 0 Å². The van der Waals surface area contributed by atoms with E-state index < -0.39 is 0 Å². The smallest absolute Gasteiger partial charge is 0.191 e. The normalized spacial score (nSPS) is 21.9. The molecule has 0 aromatic carbocycles. The van der Waals surface area contributed by atoms with E-state index in [1.807, 2.05) is 11.3 Å². The molecule has 2 N–H and O–H groups in total. The number of hydrogen-bond acceptors (Lipinski definition) is 5. The van der Waals surface area contributed by atoms with Crippen molar-refractivity contribution in [2.75, 3.05) is 59.0 Å². The van der Waals surface area contributed by atoms with Gasteiger partial charge in [-0.15, -0.1) is 11.3 Å². The van der Waals surface area contributed by atoms with Gasteiger partial charge in [-0.1, -0.05) is 6.07 Å². The van der Waals surface area contributed by atoms with Gasteiger partial charge in [0.15, 0.2) is 5.96 Å². The fourth-order valence-electron chi connectivity index (χ4n) is 3.84. The molecule has 3 heterocycles. The molecule has 0 amide bonds. The number of rotatable bonds is 8. The molecular formula is C20H35N5OS. The third kappa shape index (κ3) is 6.17. The summed E-state index contributed by atoms with van der Waals surface area (Å²) >= 11 is 1.86. The highest BCUT2D eigenvalue weighted by Crippen LogP contribution is 2.27. The van der Waals surface area contributed by atoms with Crippen LogP contribution in [0.25, 0.3) is 0 Å². The Morgan fingerprint density at radius 3 is 2.63 bits per heavy atom. The molecule has 1 aromatic heterocycles. The van der Waals surface area contributed by atoms with Gasteiger partial charge in [0.05, 0.1) is 25.8 Å². The van der Waals surface area contributed by atoms with Gasteiger partial charge in [0, 0.05) is 37.1 Å². The average molecular weight is 394 g/mol. The van der Waals surface area contributed by atoms with Crippen LogP contribution >= 0.6 is 11.3 Å². The molecule has 2 fully saturated rings. The second-order valence-corrected chi connectivity index (χ2v) is 8.35. The lowest BCUT2D eigenvalue weighted by Crippen LogP contribution is -2.45. The minimum Gasteiger partial charge on any atom is -0.379 e. The summed E-state index contributed by atoms with van der Waals surface area (Å²) in [5.41, 5.74) is 0. The maximum Gasteiger partial charge on any atom is 0.191 e. The lowest BCUT2D eigenvalue weighted by molar-refractivity contribution is 0.0220. The molecule has 6 nitrogen and oxygen atoms in total. The third-order valence-corrected chi connectivity index (χ3v) is 6.42. The number of likely N-dealkylation sites (tertiary alicyclic amines) is 1. The lowest BCUT2D eigenvalue weighted by atomic mass is 10.2. The van der Waals surface area contributed by atoms with Crippen LogP contribution in [0, 0.1) is 0 Å². The zero-order valence-electron chi connectivity index (χ0n) is 16.8. The van der Waals surface area contributed by atoms with Crippen LogP contribution in [0.15, 0.2) is 22.5 Å². The number of aliphatic imine (C=N–C) groups is 1. The molecule has 2 aliphatic heterocycles. The van der Waals surface area contributed by atoms with E-state index in [0.29, 0.717) is 12.1 Å². The van der Waals surface area contributed by atoms with E-state index in [9.17, 15) is 0 Å². The van der Waals surface area contributed by atoms with Crippen molar-refractivity contribution in [3.05, 3.63) is 22.4 Å². The molecule has 0 radical (unpaired) electrons. The van der Waals surface area contributed by atoms with Crippen LogP contribution in [-0.2, 0) is 4.74 Å². The van der Waals surface area contributed by atoms with Crippen molar-refractivity contribution in [1.29, 1.82) is 0 Å². The highest BCUT2D eigenvalue weighted by atomic mass is 32.1. The van der Waals surface area contributed by atoms with E-state index in [4.69, 9.17) is 9.73 Å². The van der Waals surface area contributed by atoms with E-state index in [2.05, 4.69) is 51.8 Å². The van der Waals surface area contributed by atoms with Gasteiger partial charge in [0.25, 0.3) is 0 Å². The Balaban J connectivity index is 1.56. The monoisotopic (exact) mass is 393 g/mol. The van der Waals surface area contributed by atoms with Crippen molar-refractivity contribution in [3.8, 4) is 0 Å². The second-order valence-electron chi connectivity index (χ2n) is 7.37. The van der Waals surface area contributed by atoms with Gasteiger partial charge in [-0.3, -0.25) is 14.8 Å². The standard InChI is InChI=1S/C20H35N5OS/c1-3-21-20(22-15-17(2)24-10-12-26-13-11-24)23-16-18(19-7-6-14-27-19)25-8-4-5-9-25/h6-7,14,17-18H,3-5,8-13,15-16H2,1-2H3,(H2,21,22,23). The first kappa shape index (κ1) is 20.6. The van der Waals surface area contributed by atoms with Crippen LogP contribution in [0.3, 0.4) is 0 Å². The quantitative estimate of drug-likeness (QED) is 0.524. The number of ether oxygens (including phenoxy) is 1. The lowest BCUT2D eigenvalue weighted by Gasteiger charge is -2.31. The Bertz CT molecular complexity index is 553.